The molecular formula is C18H21N3O4. The number of hydrogen-bond donors (Lipinski definition) is 2. The van der Waals surface area contributed by atoms with Gasteiger partial charge in [-0.1, -0.05) is 6.07 Å². The normalized spacial score (nSPS) is 17.4. The van der Waals surface area contributed by atoms with Gasteiger partial charge in [-0.05, 0) is 37.9 Å². The Morgan fingerprint density at radius 1 is 1.44 bits per heavy atom. The molecule has 1 aliphatic rings. The topological polar surface area (TPSA) is 97.5 Å². The van der Waals surface area contributed by atoms with Gasteiger partial charge < -0.3 is 15.2 Å². The van der Waals surface area contributed by atoms with E-state index in [1.165, 1.54) is 6.07 Å². The predicted molar refractivity (Wildman–Crippen MR) is 92.5 cm³/mol. The molecule has 0 radical (unpaired) electrons. The summed E-state index contributed by atoms with van der Waals surface area (Å²) in [6.45, 7) is 1.19. The van der Waals surface area contributed by atoms with Crippen LogP contribution >= 0.6 is 0 Å². The zero-order chi connectivity index (χ0) is 17.6. The molecule has 1 aromatic heterocycles. The van der Waals surface area contributed by atoms with Gasteiger partial charge in [0, 0.05) is 42.2 Å². The van der Waals surface area contributed by atoms with Crippen molar-refractivity contribution >= 4 is 5.69 Å². The lowest BCUT2D eigenvalue weighted by Gasteiger charge is -2.26. The van der Waals surface area contributed by atoms with Crippen LogP contribution in [0.15, 0.2) is 42.7 Å². The zero-order valence-corrected chi connectivity index (χ0v) is 13.8. The van der Waals surface area contributed by atoms with Crippen LogP contribution in [0.25, 0.3) is 0 Å². The summed E-state index contributed by atoms with van der Waals surface area (Å²) in [6.07, 6.45) is 5.26. The maximum atomic E-state index is 10.8. The monoisotopic (exact) mass is 343 g/mol. The van der Waals surface area contributed by atoms with E-state index in [2.05, 4.69) is 10.3 Å². The predicted octanol–water partition coefficient (Wildman–Crippen LogP) is 2.40. The zero-order valence-electron chi connectivity index (χ0n) is 13.8. The number of hydrogen-bond acceptors (Lipinski definition) is 6. The Morgan fingerprint density at radius 3 is 3.08 bits per heavy atom. The second kappa shape index (κ2) is 8.04. The van der Waals surface area contributed by atoms with Gasteiger partial charge in [-0.15, -0.1) is 0 Å². The number of nitro groups is 1. The van der Waals surface area contributed by atoms with E-state index in [-0.39, 0.29) is 16.7 Å². The number of benzene rings is 1. The number of aliphatic hydroxyl groups is 1. The number of aromatic nitrogens is 1. The summed E-state index contributed by atoms with van der Waals surface area (Å²) < 4.78 is 5.92. The van der Waals surface area contributed by atoms with Gasteiger partial charge in [-0.2, -0.15) is 0 Å². The number of non-ortho nitro benzene ring substituents is 1. The van der Waals surface area contributed by atoms with Gasteiger partial charge in [0.25, 0.3) is 5.69 Å². The number of pyridine rings is 1. The highest BCUT2D eigenvalue weighted by molar-refractivity contribution is 5.44. The highest BCUT2D eigenvalue weighted by atomic mass is 16.6. The van der Waals surface area contributed by atoms with Crippen LogP contribution in [0.2, 0.25) is 0 Å². The van der Waals surface area contributed by atoms with Crippen LogP contribution in [0.4, 0.5) is 5.69 Å². The maximum Gasteiger partial charge on any atom is 0.269 e. The fraction of sp³-hybridized carbons (Fsp3) is 0.389. The highest BCUT2D eigenvalue weighted by Gasteiger charge is 2.21. The number of aliphatic hydroxyl groups excluding tert-OH is 1. The van der Waals surface area contributed by atoms with E-state index in [0.29, 0.717) is 6.54 Å². The van der Waals surface area contributed by atoms with Gasteiger partial charge in [0.15, 0.2) is 0 Å². The third kappa shape index (κ3) is 4.52. The number of nitro benzene ring substituents is 1. The Hall–Kier alpha value is -2.51. The molecule has 25 heavy (non-hydrogen) atoms. The minimum absolute atomic E-state index is 0.0805. The molecule has 3 rings (SSSR count). The van der Waals surface area contributed by atoms with Crippen LogP contribution in [-0.4, -0.2) is 34.2 Å². The van der Waals surface area contributed by atoms with Gasteiger partial charge in [-0.25, -0.2) is 0 Å². The van der Waals surface area contributed by atoms with Crippen molar-refractivity contribution in [2.45, 2.75) is 31.5 Å². The van der Waals surface area contributed by atoms with Crippen LogP contribution in [0.3, 0.4) is 0 Å². The first kappa shape index (κ1) is 17.3. The molecule has 2 unspecified atom stereocenters. The van der Waals surface area contributed by atoms with Crippen molar-refractivity contribution in [2.75, 3.05) is 13.1 Å². The molecule has 0 fully saturated rings. The highest BCUT2D eigenvalue weighted by Crippen LogP contribution is 2.31. The molecule has 1 aromatic carbocycles. The molecule has 2 N–H and O–H groups in total. The molecule has 2 aromatic rings. The molecular weight excluding hydrogens is 322 g/mol. The number of nitrogens with zero attached hydrogens (tertiary/aromatic N) is 2. The van der Waals surface area contributed by atoms with Crippen molar-refractivity contribution < 1.29 is 14.8 Å². The largest absolute Gasteiger partial charge is 0.490 e. The van der Waals surface area contributed by atoms with Gasteiger partial charge in [0.2, 0.25) is 0 Å². The molecule has 132 valence electrons. The van der Waals surface area contributed by atoms with E-state index in [4.69, 9.17) is 4.74 Å². The number of ether oxygens (including phenoxy) is 1. The van der Waals surface area contributed by atoms with Gasteiger partial charge >= 0.3 is 0 Å². The first-order valence-corrected chi connectivity index (χ1v) is 8.36. The third-order valence-corrected chi connectivity index (χ3v) is 4.33. The van der Waals surface area contributed by atoms with E-state index < -0.39 is 6.10 Å². The van der Waals surface area contributed by atoms with Gasteiger partial charge in [-0.3, -0.25) is 15.1 Å². The Labute approximate surface area is 145 Å². The quantitative estimate of drug-likeness (QED) is 0.455. The molecule has 0 amide bonds. The average molecular weight is 343 g/mol. The van der Waals surface area contributed by atoms with Crippen molar-refractivity contribution in [3.8, 4) is 5.75 Å². The van der Waals surface area contributed by atoms with E-state index in [0.717, 1.165) is 42.7 Å². The first-order valence-electron chi connectivity index (χ1n) is 8.36. The van der Waals surface area contributed by atoms with Crippen molar-refractivity contribution in [3.05, 3.63) is 64.0 Å². The standard InChI is InChI=1S/C18H21N3O4/c22-17(14-2-1-8-19-11-14)12-20-9-7-16-5-3-13-10-15(21(23)24)4-6-18(13)25-16/h1-2,4,6,8,10-11,16-17,20,22H,3,5,7,9,12H2. The van der Waals surface area contributed by atoms with E-state index in [1.807, 2.05) is 6.07 Å². The van der Waals surface area contributed by atoms with Crippen molar-refractivity contribution in [1.29, 1.82) is 0 Å². The number of fused-ring (bicyclic) bond motifs is 1. The molecule has 7 heteroatoms. The lowest BCUT2D eigenvalue weighted by molar-refractivity contribution is -0.385. The van der Waals surface area contributed by atoms with Crippen LogP contribution in [-0.2, 0) is 6.42 Å². The molecule has 1 aliphatic heterocycles. The van der Waals surface area contributed by atoms with Crippen molar-refractivity contribution in [1.82, 2.24) is 10.3 Å². The summed E-state index contributed by atoms with van der Waals surface area (Å²) >= 11 is 0. The Bertz CT molecular complexity index is 724. The van der Waals surface area contributed by atoms with Crippen molar-refractivity contribution in [3.63, 3.8) is 0 Å². The molecule has 0 saturated carbocycles. The van der Waals surface area contributed by atoms with Crippen LogP contribution in [0, 0.1) is 10.1 Å². The summed E-state index contributed by atoms with van der Waals surface area (Å²) in [6, 6.07) is 8.40. The first-order chi connectivity index (χ1) is 12.1. The molecule has 2 atom stereocenters. The van der Waals surface area contributed by atoms with Crippen LogP contribution in [0.1, 0.15) is 30.1 Å². The summed E-state index contributed by atoms with van der Waals surface area (Å²) in [4.78, 5) is 14.4. The van der Waals surface area contributed by atoms with Crippen LogP contribution in [0.5, 0.6) is 5.75 Å². The minimum Gasteiger partial charge on any atom is -0.490 e. The molecule has 2 heterocycles. The van der Waals surface area contributed by atoms with Gasteiger partial charge in [0.05, 0.1) is 11.0 Å². The Kier molecular flexibility index (Phi) is 5.57. The molecule has 0 spiro atoms. The lowest BCUT2D eigenvalue weighted by atomic mass is 10.00. The smallest absolute Gasteiger partial charge is 0.269 e. The molecule has 0 saturated heterocycles. The minimum atomic E-state index is -0.581. The second-order valence-electron chi connectivity index (χ2n) is 6.12. The summed E-state index contributed by atoms with van der Waals surface area (Å²) in [5.74, 6) is 0.734. The molecule has 0 aliphatic carbocycles. The van der Waals surface area contributed by atoms with Crippen LogP contribution < -0.4 is 10.1 Å². The van der Waals surface area contributed by atoms with E-state index >= 15 is 0 Å². The number of nitrogens with one attached hydrogen (secondary N) is 1. The maximum absolute atomic E-state index is 10.8. The summed E-state index contributed by atoms with van der Waals surface area (Å²) in [5.41, 5.74) is 1.79. The Morgan fingerprint density at radius 2 is 2.32 bits per heavy atom. The molecule has 0 bridgehead atoms. The third-order valence-electron chi connectivity index (χ3n) is 4.33. The SMILES string of the molecule is O=[N+]([O-])c1ccc2c(c1)CCC(CCNCC(O)c1cccnc1)O2. The number of rotatable bonds is 7. The van der Waals surface area contributed by atoms with E-state index in [9.17, 15) is 15.2 Å². The summed E-state index contributed by atoms with van der Waals surface area (Å²) in [7, 11) is 0. The second-order valence-corrected chi connectivity index (χ2v) is 6.12. The fourth-order valence-corrected chi connectivity index (χ4v) is 2.94. The number of aryl methyl sites for hydroxylation is 1. The van der Waals surface area contributed by atoms with E-state index in [1.54, 1.807) is 30.6 Å². The lowest BCUT2D eigenvalue weighted by Crippen LogP contribution is -2.29. The fourth-order valence-electron chi connectivity index (χ4n) is 2.94. The summed E-state index contributed by atoms with van der Waals surface area (Å²) in [5, 5.41) is 24.1. The average Bonchev–Trinajstić information content (AvgIpc) is 2.65. The Balaban J connectivity index is 1.44. The van der Waals surface area contributed by atoms with Gasteiger partial charge in [0.1, 0.15) is 11.9 Å². The van der Waals surface area contributed by atoms with Crippen molar-refractivity contribution in [2.24, 2.45) is 0 Å². The molecule has 7 nitrogen and oxygen atoms in total.